The highest BCUT2D eigenvalue weighted by atomic mass is 32.2. The van der Waals surface area contributed by atoms with Gasteiger partial charge in [-0.3, -0.25) is 4.55 Å². The van der Waals surface area contributed by atoms with Crippen molar-refractivity contribution in [3.05, 3.63) is 29.8 Å². The molecule has 0 aliphatic heterocycles. The van der Waals surface area contributed by atoms with Crippen LogP contribution < -0.4 is 5.32 Å². The van der Waals surface area contributed by atoms with E-state index in [1.54, 1.807) is 6.92 Å². The highest BCUT2D eigenvalue weighted by molar-refractivity contribution is 7.86. The van der Waals surface area contributed by atoms with Gasteiger partial charge in [0, 0.05) is 12.2 Å². The molecule has 0 fully saturated rings. The third kappa shape index (κ3) is 3.83. The Morgan fingerprint density at radius 1 is 1.44 bits per heavy atom. The van der Waals surface area contributed by atoms with E-state index in [1.807, 2.05) is 31.2 Å². The topological polar surface area (TPSA) is 66.4 Å². The monoisotopic (exact) mass is 243 g/mol. The van der Waals surface area contributed by atoms with Gasteiger partial charge in [0.25, 0.3) is 10.1 Å². The summed E-state index contributed by atoms with van der Waals surface area (Å²) in [4.78, 5) is 0. The first-order valence-electron chi connectivity index (χ1n) is 5.20. The van der Waals surface area contributed by atoms with E-state index in [0.717, 1.165) is 11.3 Å². The summed E-state index contributed by atoms with van der Waals surface area (Å²) in [6.07, 6.45) is 0.387. The van der Waals surface area contributed by atoms with Gasteiger partial charge in [-0.05, 0) is 31.0 Å². The van der Waals surface area contributed by atoms with Crippen molar-refractivity contribution in [1.82, 2.24) is 0 Å². The van der Waals surface area contributed by atoms with Crippen LogP contribution in [-0.4, -0.2) is 24.8 Å². The smallest absolute Gasteiger partial charge is 0.269 e. The molecule has 16 heavy (non-hydrogen) atoms. The molecule has 4 nitrogen and oxygen atoms in total. The van der Waals surface area contributed by atoms with Crippen LogP contribution in [0.1, 0.15) is 18.9 Å². The molecule has 1 aromatic rings. The van der Waals surface area contributed by atoms with E-state index in [4.69, 9.17) is 4.55 Å². The van der Waals surface area contributed by atoms with Gasteiger partial charge in [0.2, 0.25) is 0 Å². The van der Waals surface area contributed by atoms with Gasteiger partial charge in [0.05, 0.1) is 0 Å². The van der Waals surface area contributed by atoms with E-state index in [9.17, 15) is 8.42 Å². The predicted molar refractivity (Wildman–Crippen MR) is 65.3 cm³/mol. The number of rotatable bonds is 5. The van der Waals surface area contributed by atoms with Crippen molar-refractivity contribution in [2.24, 2.45) is 0 Å². The molecule has 0 radical (unpaired) electrons. The summed E-state index contributed by atoms with van der Waals surface area (Å²) in [5, 5.41) is 2.25. The Morgan fingerprint density at radius 2 is 2.12 bits per heavy atom. The van der Waals surface area contributed by atoms with Gasteiger partial charge < -0.3 is 5.32 Å². The van der Waals surface area contributed by atoms with Crippen LogP contribution in [0.3, 0.4) is 0 Å². The summed E-state index contributed by atoms with van der Waals surface area (Å²) in [6.45, 7) is 3.92. The van der Waals surface area contributed by atoms with E-state index in [0.29, 0.717) is 6.42 Å². The average Bonchev–Trinajstić information content (AvgIpc) is 2.16. The van der Waals surface area contributed by atoms with Gasteiger partial charge in [-0.25, -0.2) is 0 Å². The molecule has 1 atom stereocenters. The first-order chi connectivity index (χ1) is 7.43. The minimum absolute atomic E-state index is 0.221. The summed E-state index contributed by atoms with van der Waals surface area (Å²) in [6, 6.07) is 7.65. The zero-order valence-electron chi connectivity index (χ0n) is 9.47. The first kappa shape index (κ1) is 13.0. The van der Waals surface area contributed by atoms with Crippen molar-refractivity contribution in [2.75, 3.05) is 11.9 Å². The van der Waals surface area contributed by atoms with Crippen molar-refractivity contribution in [2.45, 2.75) is 25.5 Å². The number of aryl methyl sites for hydroxylation is 1. The van der Waals surface area contributed by atoms with Crippen LogP contribution in [0.4, 0.5) is 5.69 Å². The summed E-state index contributed by atoms with van der Waals surface area (Å²) < 4.78 is 30.9. The van der Waals surface area contributed by atoms with Crippen molar-refractivity contribution >= 4 is 15.8 Å². The fourth-order valence-electron chi connectivity index (χ4n) is 1.45. The lowest BCUT2D eigenvalue weighted by atomic mass is 10.2. The quantitative estimate of drug-likeness (QED) is 0.777. The number of hydrogen-bond donors (Lipinski definition) is 2. The average molecular weight is 243 g/mol. The highest BCUT2D eigenvalue weighted by Gasteiger charge is 2.20. The third-order valence-corrected chi connectivity index (χ3v) is 3.77. The number of anilines is 1. The van der Waals surface area contributed by atoms with Crippen LogP contribution in [0.25, 0.3) is 0 Å². The Morgan fingerprint density at radius 3 is 2.62 bits per heavy atom. The lowest BCUT2D eigenvalue weighted by Crippen LogP contribution is -2.27. The number of nitrogens with one attached hydrogen (secondary N) is 1. The second-order valence-corrected chi connectivity index (χ2v) is 5.49. The minimum atomic E-state index is -3.96. The van der Waals surface area contributed by atoms with Gasteiger partial charge >= 0.3 is 0 Å². The van der Waals surface area contributed by atoms with E-state index in [1.165, 1.54) is 0 Å². The van der Waals surface area contributed by atoms with Crippen molar-refractivity contribution in [3.63, 3.8) is 0 Å². The van der Waals surface area contributed by atoms with Crippen LogP contribution in [-0.2, 0) is 10.1 Å². The molecule has 0 spiro atoms. The normalized spacial score (nSPS) is 13.4. The molecule has 0 aliphatic carbocycles. The maximum atomic E-state index is 11.0. The Bertz CT molecular complexity index is 442. The molecule has 0 heterocycles. The summed E-state index contributed by atoms with van der Waals surface area (Å²) in [5.74, 6) is 0. The SMILES string of the molecule is CCC(CNc1cccc(C)c1)S(=O)(=O)O. The molecule has 0 saturated carbocycles. The van der Waals surface area contributed by atoms with E-state index < -0.39 is 15.4 Å². The van der Waals surface area contributed by atoms with Gasteiger partial charge in [0.1, 0.15) is 5.25 Å². The fourth-order valence-corrected chi connectivity index (χ4v) is 2.16. The van der Waals surface area contributed by atoms with Crippen LogP contribution in [0.15, 0.2) is 24.3 Å². The molecule has 1 rings (SSSR count). The van der Waals surface area contributed by atoms with E-state index in [-0.39, 0.29) is 6.54 Å². The molecule has 0 saturated heterocycles. The highest BCUT2D eigenvalue weighted by Crippen LogP contribution is 2.11. The van der Waals surface area contributed by atoms with Crippen LogP contribution in [0, 0.1) is 6.92 Å². The first-order valence-corrected chi connectivity index (χ1v) is 6.70. The largest absolute Gasteiger partial charge is 0.384 e. The van der Waals surface area contributed by atoms with Crippen LogP contribution >= 0.6 is 0 Å². The zero-order valence-corrected chi connectivity index (χ0v) is 10.3. The van der Waals surface area contributed by atoms with E-state index in [2.05, 4.69) is 5.32 Å². The van der Waals surface area contributed by atoms with E-state index >= 15 is 0 Å². The Kier molecular flexibility index (Phi) is 4.32. The molecule has 1 unspecified atom stereocenters. The number of hydrogen-bond acceptors (Lipinski definition) is 3. The molecule has 0 amide bonds. The summed E-state index contributed by atoms with van der Waals surface area (Å²) in [5.41, 5.74) is 1.96. The minimum Gasteiger partial charge on any atom is -0.384 e. The molecule has 0 aromatic heterocycles. The van der Waals surface area contributed by atoms with Gasteiger partial charge in [-0.2, -0.15) is 8.42 Å². The molecular formula is C11H17NO3S. The maximum Gasteiger partial charge on any atom is 0.269 e. The summed E-state index contributed by atoms with van der Waals surface area (Å²) in [7, 11) is -3.96. The van der Waals surface area contributed by atoms with Crippen LogP contribution in [0.2, 0.25) is 0 Å². The molecule has 1 aromatic carbocycles. The van der Waals surface area contributed by atoms with Crippen molar-refractivity contribution in [1.29, 1.82) is 0 Å². The molecule has 5 heteroatoms. The molecular weight excluding hydrogens is 226 g/mol. The third-order valence-electron chi connectivity index (χ3n) is 2.43. The fraction of sp³-hybridized carbons (Fsp3) is 0.455. The summed E-state index contributed by atoms with van der Waals surface area (Å²) >= 11 is 0. The second-order valence-electron chi connectivity index (χ2n) is 3.80. The van der Waals surface area contributed by atoms with Gasteiger partial charge in [-0.15, -0.1) is 0 Å². The molecule has 0 aliphatic rings. The predicted octanol–water partition coefficient (Wildman–Crippen LogP) is 2.07. The lowest BCUT2D eigenvalue weighted by molar-refractivity contribution is 0.466. The standard InChI is InChI=1S/C11H17NO3S/c1-3-11(16(13,14)15)8-12-10-6-4-5-9(2)7-10/h4-7,11-12H,3,8H2,1-2H3,(H,13,14,15). The molecule has 0 bridgehead atoms. The molecule has 2 N–H and O–H groups in total. The second kappa shape index (κ2) is 5.32. The van der Waals surface area contributed by atoms with Crippen molar-refractivity contribution < 1.29 is 13.0 Å². The molecule has 90 valence electrons. The van der Waals surface area contributed by atoms with Crippen LogP contribution in [0.5, 0.6) is 0 Å². The lowest BCUT2D eigenvalue weighted by Gasteiger charge is -2.13. The Hall–Kier alpha value is -1.07. The maximum absolute atomic E-state index is 11.0. The zero-order chi connectivity index (χ0) is 12.2. The van der Waals surface area contributed by atoms with Crippen molar-refractivity contribution in [3.8, 4) is 0 Å². The Labute approximate surface area is 96.4 Å². The Balaban J connectivity index is 2.63. The van der Waals surface area contributed by atoms with Gasteiger partial charge in [-0.1, -0.05) is 19.1 Å². The van der Waals surface area contributed by atoms with Gasteiger partial charge in [0.15, 0.2) is 0 Å². The number of benzene rings is 1.